The number of primary amides is 1. The number of nitrogens with zero attached hydrogens (tertiary/aromatic N) is 1. The van der Waals surface area contributed by atoms with E-state index in [1.54, 1.807) is 0 Å². The summed E-state index contributed by atoms with van der Waals surface area (Å²) < 4.78 is 0. The number of carbonyl (C=O) groups is 1. The highest BCUT2D eigenvalue weighted by Crippen LogP contribution is 2.00. The molecule has 0 bridgehead atoms. The first-order valence-electron chi connectivity index (χ1n) is 3.07. The van der Waals surface area contributed by atoms with Crippen molar-refractivity contribution >= 4 is 6.09 Å². The summed E-state index contributed by atoms with van der Waals surface area (Å²) >= 11 is 0. The van der Waals surface area contributed by atoms with Gasteiger partial charge in [0.1, 0.15) is 12.5 Å². The van der Waals surface area contributed by atoms with Crippen molar-refractivity contribution in [2.45, 2.75) is 26.3 Å². The van der Waals surface area contributed by atoms with Crippen LogP contribution in [0.2, 0.25) is 0 Å². The van der Waals surface area contributed by atoms with Gasteiger partial charge in [-0.2, -0.15) is 0 Å². The maximum Gasteiger partial charge on any atom is 0.423 e. The van der Waals surface area contributed by atoms with E-state index in [9.17, 15) is 4.79 Å². The Balaban J connectivity index is 4.00. The number of hydroxylamine groups is 2. The van der Waals surface area contributed by atoms with Crippen molar-refractivity contribution < 1.29 is 19.8 Å². The van der Waals surface area contributed by atoms with Gasteiger partial charge in [-0.05, 0) is 13.8 Å². The summed E-state index contributed by atoms with van der Waals surface area (Å²) in [4.78, 5) is 14.4. The molecule has 6 nitrogen and oxygen atoms in total. The van der Waals surface area contributed by atoms with Crippen molar-refractivity contribution in [3.63, 3.8) is 0 Å². The van der Waals surface area contributed by atoms with Crippen molar-refractivity contribution in [1.82, 2.24) is 5.06 Å². The molecule has 0 saturated carbocycles. The smallest absolute Gasteiger partial charge is 0.375 e. The number of aliphatic hydroxyl groups excluding tert-OH is 2. The molecule has 0 aromatic rings. The van der Waals surface area contributed by atoms with Crippen LogP contribution in [-0.2, 0) is 4.84 Å². The summed E-state index contributed by atoms with van der Waals surface area (Å²) in [7, 11) is 0. The molecule has 0 saturated heterocycles. The van der Waals surface area contributed by atoms with Gasteiger partial charge in [0.05, 0.1) is 0 Å². The van der Waals surface area contributed by atoms with Crippen LogP contribution in [0.4, 0.5) is 4.79 Å². The van der Waals surface area contributed by atoms with Gasteiger partial charge in [-0.25, -0.2) is 4.79 Å². The van der Waals surface area contributed by atoms with E-state index in [2.05, 4.69) is 10.6 Å². The standard InChI is InChI=1S/C5H12N2O4/c1-3(8)7(4(2)9)11-5(6)10/h3-4,8-9H,1-2H3,(H2,6,10). The Kier molecular flexibility index (Phi) is 3.80. The van der Waals surface area contributed by atoms with Gasteiger partial charge >= 0.3 is 6.09 Å². The van der Waals surface area contributed by atoms with E-state index in [1.807, 2.05) is 0 Å². The summed E-state index contributed by atoms with van der Waals surface area (Å²) in [6.07, 6.45) is -3.27. The third-order valence-corrected chi connectivity index (χ3v) is 0.932. The fourth-order valence-corrected chi connectivity index (χ4v) is 0.569. The molecule has 0 heterocycles. The lowest BCUT2D eigenvalue weighted by Gasteiger charge is -2.24. The number of rotatable bonds is 3. The second-order valence-electron chi connectivity index (χ2n) is 2.03. The molecule has 0 rings (SSSR count). The average molecular weight is 164 g/mol. The lowest BCUT2D eigenvalue weighted by Crippen LogP contribution is -2.42. The normalized spacial score (nSPS) is 16.1. The van der Waals surface area contributed by atoms with E-state index in [4.69, 9.17) is 10.2 Å². The molecule has 6 heteroatoms. The van der Waals surface area contributed by atoms with Crippen LogP contribution in [-0.4, -0.2) is 33.8 Å². The van der Waals surface area contributed by atoms with Crippen LogP contribution >= 0.6 is 0 Å². The van der Waals surface area contributed by atoms with Crippen molar-refractivity contribution in [3.8, 4) is 0 Å². The van der Waals surface area contributed by atoms with Crippen LogP contribution in [0.1, 0.15) is 13.8 Å². The van der Waals surface area contributed by atoms with Crippen molar-refractivity contribution in [2.24, 2.45) is 5.73 Å². The highest BCUT2D eigenvalue weighted by Gasteiger charge is 2.19. The van der Waals surface area contributed by atoms with Crippen molar-refractivity contribution in [2.75, 3.05) is 0 Å². The van der Waals surface area contributed by atoms with Crippen LogP contribution in [0, 0.1) is 0 Å². The molecule has 2 unspecified atom stereocenters. The molecule has 11 heavy (non-hydrogen) atoms. The van der Waals surface area contributed by atoms with E-state index < -0.39 is 18.5 Å². The van der Waals surface area contributed by atoms with Crippen LogP contribution in [0.25, 0.3) is 0 Å². The summed E-state index contributed by atoms with van der Waals surface area (Å²) in [5.74, 6) is 0. The number of nitrogens with two attached hydrogens (primary N) is 1. The largest absolute Gasteiger partial charge is 0.423 e. The molecule has 0 aromatic heterocycles. The van der Waals surface area contributed by atoms with Gasteiger partial charge < -0.3 is 20.8 Å². The molecule has 0 aromatic carbocycles. The Bertz CT molecular complexity index is 128. The predicted octanol–water partition coefficient (Wildman–Crippen LogP) is -1.02. The molecule has 2 atom stereocenters. The number of amides is 1. The van der Waals surface area contributed by atoms with Crippen LogP contribution in [0.3, 0.4) is 0 Å². The Morgan fingerprint density at radius 3 is 1.91 bits per heavy atom. The van der Waals surface area contributed by atoms with Gasteiger partial charge in [0.15, 0.2) is 0 Å². The van der Waals surface area contributed by atoms with Crippen LogP contribution in [0.15, 0.2) is 0 Å². The molecule has 0 aliphatic carbocycles. The van der Waals surface area contributed by atoms with E-state index in [1.165, 1.54) is 13.8 Å². The second-order valence-corrected chi connectivity index (χ2v) is 2.03. The lowest BCUT2D eigenvalue weighted by molar-refractivity contribution is -0.253. The Morgan fingerprint density at radius 1 is 1.45 bits per heavy atom. The van der Waals surface area contributed by atoms with E-state index in [0.717, 1.165) is 0 Å². The van der Waals surface area contributed by atoms with Crippen LogP contribution < -0.4 is 5.73 Å². The van der Waals surface area contributed by atoms with E-state index in [0.29, 0.717) is 5.06 Å². The number of hydrogen-bond donors (Lipinski definition) is 3. The van der Waals surface area contributed by atoms with Gasteiger partial charge in [-0.15, -0.1) is 0 Å². The van der Waals surface area contributed by atoms with Gasteiger partial charge in [-0.3, -0.25) is 0 Å². The van der Waals surface area contributed by atoms with Crippen molar-refractivity contribution in [1.29, 1.82) is 0 Å². The first-order valence-corrected chi connectivity index (χ1v) is 3.07. The SMILES string of the molecule is CC(O)N(OC(N)=O)C(C)O. The maximum atomic E-state index is 10.2. The number of carbonyl (C=O) groups excluding carboxylic acids is 1. The third kappa shape index (κ3) is 3.76. The lowest BCUT2D eigenvalue weighted by atomic mass is 10.5. The number of hydrogen-bond acceptors (Lipinski definition) is 5. The second kappa shape index (κ2) is 4.12. The molecule has 0 fully saturated rings. The summed E-state index contributed by atoms with van der Waals surface area (Å²) in [5.41, 5.74) is 4.64. The molecule has 0 aliphatic heterocycles. The van der Waals surface area contributed by atoms with Gasteiger partial charge in [-0.1, -0.05) is 5.06 Å². The molecule has 1 amide bonds. The first-order chi connectivity index (χ1) is 4.95. The van der Waals surface area contributed by atoms with Gasteiger partial charge in [0.25, 0.3) is 0 Å². The molecule has 0 aliphatic rings. The van der Waals surface area contributed by atoms with Gasteiger partial charge in [0, 0.05) is 0 Å². The molecule has 4 N–H and O–H groups in total. The molecular weight excluding hydrogens is 152 g/mol. The fraction of sp³-hybridized carbons (Fsp3) is 0.800. The topological polar surface area (TPSA) is 96.0 Å². The summed E-state index contributed by atoms with van der Waals surface area (Å²) in [6, 6.07) is 0. The van der Waals surface area contributed by atoms with Crippen molar-refractivity contribution in [3.05, 3.63) is 0 Å². The minimum Gasteiger partial charge on any atom is -0.375 e. The third-order valence-electron chi connectivity index (χ3n) is 0.932. The van der Waals surface area contributed by atoms with E-state index in [-0.39, 0.29) is 0 Å². The zero-order valence-corrected chi connectivity index (χ0v) is 6.39. The summed E-state index contributed by atoms with van der Waals surface area (Å²) in [6.45, 7) is 2.66. The zero-order chi connectivity index (χ0) is 9.02. The van der Waals surface area contributed by atoms with Crippen LogP contribution in [0.5, 0.6) is 0 Å². The molecule has 0 spiro atoms. The highest BCUT2D eigenvalue weighted by atomic mass is 16.7. The minimum absolute atomic E-state index is 0.669. The first kappa shape index (κ1) is 10.2. The fourth-order valence-electron chi connectivity index (χ4n) is 0.569. The maximum absolute atomic E-state index is 10.2. The molecular formula is C5H12N2O4. The summed E-state index contributed by atoms with van der Waals surface area (Å²) in [5, 5.41) is 18.4. The average Bonchev–Trinajstić information content (AvgIpc) is 1.81. The highest BCUT2D eigenvalue weighted by molar-refractivity contribution is 5.64. The molecule has 0 radical (unpaired) electrons. The number of aliphatic hydroxyl groups is 2. The minimum atomic E-state index is -1.09. The Morgan fingerprint density at radius 2 is 1.82 bits per heavy atom. The monoisotopic (exact) mass is 164 g/mol. The van der Waals surface area contributed by atoms with Gasteiger partial charge in [0.2, 0.25) is 0 Å². The quantitative estimate of drug-likeness (QED) is 0.366. The predicted molar refractivity (Wildman–Crippen MR) is 35.9 cm³/mol. The van der Waals surface area contributed by atoms with E-state index >= 15 is 0 Å². The Hall–Kier alpha value is -0.850. The zero-order valence-electron chi connectivity index (χ0n) is 6.39. The Labute approximate surface area is 64.1 Å². The molecule has 66 valence electrons.